The summed E-state index contributed by atoms with van der Waals surface area (Å²) in [5.74, 6) is -0.0370. The Kier molecular flexibility index (Phi) is 8.37. The number of carbonyl (C=O) groups excluding carboxylic acids is 2. The van der Waals surface area contributed by atoms with Gasteiger partial charge in [-0.3, -0.25) is 0 Å². The Morgan fingerprint density at radius 3 is 2.31 bits per heavy atom. The van der Waals surface area contributed by atoms with Crippen LogP contribution >= 0.6 is 0 Å². The van der Waals surface area contributed by atoms with Crippen molar-refractivity contribution in [3.8, 4) is 17.0 Å². The molecule has 0 spiro atoms. The fourth-order valence-corrected chi connectivity index (χ4v) is 4.27. The molecule has 2 N–H and O–H groups in total. The molecule has 1 aliphatic rings. The van der Waals surface area contributed by atoms with Gasteiger partial charge in [0.1, 0.15) is 22.8 Å². The van der Waals surface area contributed by atoms with E-state index in [2.05, 4.69) is 20.3 Å². The van der Waals surface area contributed by atoms with Gasteiger partial charge in [-0.25, -0.2) is 29.3 Å². The van der Waals surface area contributed by atoms with Crippen molar-refractivity contribution >= 4 is 29.9 Å². The summed E-state index contributed by atoms with van der Waals surface area (Å²) < 4.78 is 16.9. The summed E-state index contributed by atoms with van der Waals surface area (Å²) in [4.78, 5) is 51.6. The number of imide groups is 1. The van der Waals surface area contributed by atoms with Gasteiger partial charge in [-0.05, 0) is 71.7 Å². The number of ether oxygens (including phenoxy) is 3. The number of carbonyl (C=O) groups is 3. The number of fused-ring (bicyclic) bond motifs is 1. The van der Waals surface area contributed by atoms with Gasteiger partial charge in [-0.2, -0.15) is 0 Å². The van der Waals surface area contributed by atoms with Gasteiger partial charge in [0.2, 0.25) is 5.95 Å². The van der Waals surface area contributed by atoms with Crippen LogP contribution in [0.25, 0.3) is 11.3 Å². The maximum absolute atomic E-state index is 13.1. The molecule has 3 heterocycles. The first-order chi connectivity index (χ1) is 19.6. The summed E-state index contributed by atoms with van der Waals surface area (Å²) in [5, 5.41) is 12.7. The zero-order chi connectivity index (χ0) is 30.8. The zero-order valence-corrected chi connectivity index (χ0v) is 24.8. The molecule has 1 aliphatic heterocycles. The standard InChI is InChI=1S/C30H35N5O7/c1-17-18(9-8-10-19(17)25(36)37)15-32-24-20-12-14-40-23(20)21(16-33-24)22-11-13-31-26(34-22)35(27(38)41-29(2,3)4)28(39)42-30(5,6)7/h8-11,13,16H,12,14-15H2,1-7H3,(H,32,33)(H,36,37). The third-order valence-corrected chi connectivity index (χ3v) is 6.12. The van der Waals surface area contributed by atoms with Crippen LogP contribution in [0.3, 0.4) is 0 Å². The molecule has 0 radical (unpaired) electrons. The van der Waals surface area contributed by atoms with Crippen LogP contribution in [-0.2, 0) is 22.4 Å². The number of hydrogen-bond acceptors (Lipinski definition) is 10. The number of carboxylic acids is 1. The van der Waals surface area contributed by atoms with E-state index in [1.54, 1.807) is 72.9 Å². The van der Waals surface area contributed by atoms with Gasteiger partial charge in [-0.1, -0.05) is 12.1 Å². The molecule has 0 saturated heterocycles. The topological polar surface area (TPSA) is 153 Å². The summed E-state index contributed by atoms with van der Waals surface area (Å²) in [5.41, 5.74) is 1.74. The van der Waals surface area contributed by atoms with Crippen LogP contribution in [0.1, 0.15) is 68.6 Å². The van der Waals surface area contributed by atoms with Gasteiger partial charge >= 0.3 is 18.2 Å². The van der Waals surface area contributed by atoms with E-state index in [0.717, 1.165) is 11.1 Å². The number of nitrogens with zero attached hydrogens (tertiary/aromatic N) is 4. The van der Waals surface area contributed by atoms with Crippen molar-refractivity contribution in [3.63, 3.8) is 0 Å². The number of amides is 2. The Bertz CT molecular complexity index is 1500. The van der Waals surface area contributed by atoms with E-state index in [9.17, 15) is 19.5 Å². The lowest BCUT2D eigenvalue weighted by Crippen LogP contribution is -2.44. The van der Waals surface area contributed by atoms with Crippen LogP contribution < -0.4 is 15.0 Å². The minimum Gasteiger partial charge on any atom is -0.492 e. The number of carboxylic acid groups (broad SMARTS) is 1. The monoisotopic (exact) mass is 577 g/mol. The number of nitrogens with one attached hydrogen (secondary N) is 1. The Labute approximate surface area is 244 Å². The molecular formula is C30H35N5O7. The third-order valence-electron chi connectivity index (χ3n) is 6.12. The van der Waals surface area contributed by atoms with Gasteiger partial charge in [0, 0.05) is 30.9 Å². The summed E-state index contributed by atoms with van der Waals surface area (Å²) in [6.45, 7) is 12.7. The lowest BCUT2D eigenvalue weighted by Gasteiger charge is -2.27. The molecule has 0 unspecified atom stereocenters. The van der Waals surface area contributed by atoms with Gasteiger partial charge in [0.15, 0.2) is 0 Å². The molecule has 222 valence electrons. The van der Waals surface area contributed by atoms with Crippen molar-refractivity contribution in [3.05, 3.63) is 58.9 Å². The first kappa shape index (κ1) is 30.2. The van der Waals surface area contributed by atoms with E-state index in [1.165, 1.54) is 6.20 Å². The highest BCUT2D eigenvalue weighted by Crippen LogP contribution is 2.39. The van der Waals surface area contributed by atoms with Crippen molar-refractivity contribution in [1.82, 2.24) is 15.0 Å². The number of aromatic carboxylic acids is 1. The average Bonchev–Trinajstić information content (AvgIpc) is 3.36. The van der Waals surface area contributed by atoms with E-state index >= 15 is 0 Å². The predicted molar refractivity (Wildman–Crippen MR) is 155 cm³/mol. The van der Waals surface area contributed by atoms with Gasteiger partial charge < -0.3 is 24.6 Å². The highest BCUT2D eigenvalue weighted by Gasteiger charge is 2.35. The van der Waals surface area contributed by atoms with E-state index in [1.807, 2.05) is 6.07 Å². The van der Waals surface area contributed by atoms with Gasteiger partial charge in [0.25, 0.3) is 0 Å². The number of aromatic nitrogens is 3. The lowest BCUT2D eigenvalue weighted by atomic mass is 10.0. The molecule has 12 nitrogen and oxygen atoms in total. The van der Waals surface area contributed by atoms with E-state index in [0.29, 0.717) is 52.9 Å². The predicted octanol–water partition coefficient (Wildman–Crippen LogP) is 5.77. The van der Waals surface area contributed by atoms with Crippen LogP contribution in [0, 0.1) is 6.92 Å². The van der Waals surface area contributed by atoms with Gasteiger partial charge in [0.05, 0.1) is 23.4 Å². The molecule has 0 bridgehead atoms. The fourth-order valence-electron chi connectivity index (χ4n) is 4.27. The summed E-state index contributed by atoms with van der Waals surface area (Å²) >= 11 is 0. The molecule has 0 saturated carbocycles. The number of hydrogen-bond donors (Lipinski definition) is 2. The van der Waals surface area contributed by atoms with Crippen molar-refractivity contribution in [2.75, 3.05) is 16.8 Å². The minimum atomic E-state index is -0.979. The molecule has 0 atom stereocenters. The SMILES string of the molecule is Cc1c(CNc2ncc(-c3ccnc(N(C(=O)OC(C)(C)C)C(=O)OC(C)(C)C)n3)c3c2CCO3)cccc1C(=O)O. The number of benzene rings is 1. The van der Waals surface area contributed by atoms with Crippen LogP contribution in [-0.4, -0.2) is 56.0 Å². The first-order valence-corrected chi connectivity index (χ1v) is 13.4. The molecule has 3 aromatic rings. The summed E-state index contributed by atoms with van der Waals surface area (Å²) in [6.07, 6.45) is 1.65. The Balaban J connectivity index is 1.66. The molecule has 2 aromatic heterocycles. The molecule has 0 aliphatic carbocycles. The quantitative estimate of drug-likeness (QED) is 0.367. The molecule has 2 amide bonds. The molecule has 12 heteroatoms. The molecular weight excluding hydrogens is 542 g/mol. The maximum atomic E-state index is 13.1. The highest BCUT2D eigenvalue weighted by atomic mass is 16.6. The van der Waals surface area contributed by atoms with E-state index in [4.69, 9.17) is 14.2 Å². The van der Waals surface area contributed by atoms with E-state index < -0.39 is 29.4 Å². The number of pyridine rings is 1. The molecule has 0 fully saturated rings. The average molecular weight is 578 g/mol. The third kappa shape index (κ3) is 6.93. The normalized spacial score (nSPS) is 12.6. The lowest BCUT2D eigenvalue weighted by molar-refractivity contribution is 0.0426. The number of rotatable bonds is 6. The largest absolute Gasteiger partial charge is 0.492 e. The Hall–Kier alpha value is -4.74. The second-order valence-corrected chi connectivity index (χ2v) is 11.7. The summed E-state index contributed by atoms with van der Waals surface area (Å²) in [7, 11) is 0. The van der Waals surface area contributed by atoms with Crippen molar-refractivity contribution < 1.29 is 33.7 Å². The van der Waals surface area contributed by atoms with Crippen LogP contribution in [0.4, 0.5) is 21.4 Å². The van der Waals surface area contributed by atoms with Crippen LogP contribution in [0.2, 0.25) is 0 Å². The van der Waals surface area contributed by atoms with E-state index in [-0.39, 0.29) is 11.5 Å². The fraction of sp³-hybridized carbons (Fsp3) is 0.400. The molecule has 1 aromatic carbocycles. The van der Waals surface area contributed by atoms with Crippen LogP contribution in [0.5, 0.6) is 5.75 Å². The maximum Gasteiger partial charge on any atom is 0.427 e. The number of anilines is 2. The van der Waals surface area contributed by atoms with Crippen molar-refractivity contribution in [2.45, 2.75) is 72.6 Å². The molecule has 42 heavy (non-hydrogen) atoms. The molecule has 4 rings (SSSR count). The zero-order valence-electron chi connectivity index (χ0n) is 24.8. The minimum absolute atomic E-state index is 0.223. The Morgan fingerprint density at radius 2 is 1.69 bits per heavy atom. The van der Waals surface area contributed by atoms with Crippen molar-refractivity contribution in [1.29, 1.82) is 0 Å². The Morgan fingerprint density at radius 1 is 1.02 bits per heavy atom. The van der Waals surface area contributed by atoms with Gasteiger partial charge in [-0.15, -0.1) is 4.90 Å². The smallest absolute Gasteiger partial charge is 0.427 e. The second kappa shape index (κ2) is 11.6. The highest BCUT2D eigenvalue weighted by molar-refractivity contribution is 6.08. The first-order valence-electron chi connectivity index (χ1n) is 13.4. The van der Waals surface area contributed by atoms with Crippen molar-refractivity contribution in [2.24, 2.45) is 0 Å². The second-order valence-electron chi connectivity index (χ2n) is 11.7. The van der Waals surface area contributed by atoms with Crippen LogP contribution in [0.15, 0.2) is 36.7 Å². The summed E-state index contributed by atoms with van der Waals surface area (Å²) in [6, 6.07) is 6.77.